The Morgan fingerprint density at radius 1 is 0.857 bits per heavy atom. The Morgan fingerprint density at radius 2 is 1.38 bits per heavy atom. The molecule has 0 saturated heterocycles. The molecule has 0 radical (unpaired) electrons. The number of likely N-dealkylation sites (N-methyl/N-ethyl adjacent to an activating group) is 1. The van der Waals surface area contributed by atoms with Gasteiger partial charge in [0.25, 0.3) is 0 Å². The molecule has 21 heavy (non-hydrogen) atoms. The molecule has 112 valence electrons. The fourth-order valence-corrected chi connectivity index (χ4v) is 2.82. The average Bonchev–Trinajstić information content (AvgIpc) is 2.47. The standard InChI is InChI=1S/C19H25NO/c1-15-11-9-10-14-17(15)19(21,18(2,3)20(4)5)16-12-7-6-8-13-16/h6-14,21H,1-5H3/t19-/m0/s1. The summed E-state index contributed by atoms with van der Waals surface area (Å²) in [7, 11) is 4.01. The molecule has 0 saturated carbocycles. The summed E-state index contributed by atoms with van der Waals surface area (Å²) in [5, 5.41) is 11.8. The number of hydrogen-bond donors (Lipinski definition) is 1. The van der Waals surface area contributed by atoms with Crippen molar-refractivity contribution >= 4 is 0 Å². The van der Waals surface area contributed by atoms with E-state index in [0.29, 0.717) is 0 Å². The van der Waals surface area contributed by atoms with Gasteiger partial charge in [0, 0.05) is 0 Å². The number of nitrogens with zero attached hydrogens (tertiary/aromatic N) is 1. The molecule has 0 aliphatic heterocycles. The molecule has 2 nitrogen and oxygen atoms in total. The van der Waals surface area contributed by atoms with Crippen molar-refractivity contribution in [3.63, 3.8) is 0 Å². The fourth-order valence-electron chi connectivity index (χ4n) is 2.82. The third-order valence-electron chi connectivity index (χ3n) is 4.73. The average molecular weight is 283 g/mol. The third-order valence-corrected chi connectivity index (χ3v) is 4.73. The van der Waals surface area contributed by atoms with Gasteiger partial charge in [-0.2, -0.15) is 0 Å². The van der Waals surface area contributed by atoms with Crippen LogP contribution in [0.25, 0.3) is 0 Å². The van der Waals surface area contributed by atoms with E-state index in [4.69, 9.17) is 0 Å². The lowest BCUT2D eigenvalue weighted by Gasteiger charge is -2.48. The van der Waals surface area contributed by atoms with Crippen molar-refractivity contribution in [2.24, 2.45) is 0 Å². The molecule has 2 rings (SSSR count). The zero-order chi connectivity index (χ0) is 15.7. The van der Waals surface area contributed by atoms with E-state index in [0.717, 1.165) is 16.7 Å². The van der Waals surface area contributed by atoms with Gasteiger partial charge in [0.15, 0.2) is 0 Å². The first-order chi connectivity index (χ1) is 9.81. The van der Waals surface area contributed by atoms with Crippen molar-refractivity contribution in [2.75, 3.05) is 14.1 Å². The summed E-state index contributed by atoms with van der Waals surface area (Å²) >= 11 is 0. The minimum atomic E-state index is -1.08. The Kier molecular flexibility index (Phi) is 4.22. The Balaban J connectivity index is 2.75. The van der Waals surface area contributed by atoms with Crippen LogP contribution in [0, 0.1) is 6.92 Å². The van der Waals surface area contributed by atoms with E-state index in [1.807, 2.05) is 62.6 Å². The van der Waals surface area contributed by atoms with E-state index >= 15 is 0 Å². The quantitative estimate of drug-likeness (QED) is 0.927. The summed E-state index contributed by atoms with van der Waals surface area (Å²) in [6.45, 7) is 6.20. The first-order valence-corrected chi connectivity index (χ1v) is 7.33. The van der Waals surface area contributed by atoms with Crippen molar-refractivity contribution in [3.8, 4) is 0 Å². The topological polar surface area (TPSA) is 23.5 Å². The molecule has 1 atom stereocenters. The SMILES string of the molecule is Cc1ccccc1[C@@](O)(c1ccccc1)C(C)(C)N(C)C. The van der Waals surface area contributed by atoms with Crippen molar-refractivity contribution < 1.29 is 5.11 Å². The molecule has 0 aliphatic rings. The van der Waals surface area contributed by atoms with Crippen LogP contribution >= 0.6 is 0 Å². The van der Waals surface area contributed by atoms with E-state index in [-0.39, 0.29) is 0 Å². The van der Waals surface area contributed by atoms with E-state index in [2.05, 4.69) is 31.7 Å². The van der Waals surface area contributed by atoms with Crippen LogP contribution in [0.1, 0.15) is 30.5 Å². The molecule has 0 amide bonds. The predicted molar refractivity (Wildman–Crippen MR) is 88.4 cm³/mol. The van der Waals surface area contributed by atoms with Gasteiger partial charge in [-0.05, 0) is 51.6 Å². The predicted octanol–water partition coefficient (Wildman–Crippen LogP) is 3.57. The van der Waals surface area contributed by atoms with Crippen LogP contribution in [0.4, 0.5) is 0 Å². The normalized spacial score (nSPS) is 15.0. The first kappa shape index (κ1) is 15.7. The van der Waals surface area contributed by atoms with Crippen molar-refractivity contribution in [1.29, 1.82) is 0 Å². The molecular formula is C19H25NO. The first-order valence-electron chi connectivity index (χ1n) is 7.33. The zero-order valence-electron chi connectivity index (χ0n) is 13.6. The molecular weight excluding hydrogens is 258 g/mol. The van der Waals surface area contributed by atoms with Gasteiger partial charge in [-0.1, -0.05) is 54.6 Å². The Morgan fingerprint density at radius 3 is 1.90 bits per heavy atom. The lowest BCUT2D eigenvalue weighted by Crippen LogP contribution is -2.57. The van der Waals surface area contributed by atoms with Gasteiger partial charge < -0.3 is 10.0 Å². The van der Waals surface area contributed by atoms with Gasteiger partial charge in [-0.25, -0.2) is 0 Å². The van der Waals surface area contributed by atoms with E-state index < -0.39 is 11.1 Å². The maximum atomic E-state index is 11.8. The second-order valence-electron chi connectivity index (χ2n) is 6.34. The summed E-state index contributed by atoms with van der Waals surface area (Å²) in [4.78, 5) is 2.08. The lowest BCUT2D eigenvalue weighted by atomic mass is 9.70. The summed E-state index contributed by atoms with van der Waals surface area (Å²) in [5.74, 6) is 0. The molecule has 0 fully saturated rings. The molecule has 0 aliphatic carbocycles. The van der Waals surface area contributed by atoms with Crippen LogP contribution in [-0.2, 0) is 5.60 Å². The number of benzene rings is 2. The molecule has 2 heteroatoms. The molecule has 2 aromatic carbocycles. The van der Waals surface area contributed by atoms with Crippen molar-refractivity contribution in [1.82, 2.24) is 4.90 Å². The second-order valence-corrected chi connectivity index (χ2v) is 6.34. The van der Waals surface area contributed by atoms with E-state index in [1.165, 1.54) is 0 Å². The van der Waals surface area contributed by atoms with Crippen LogP contribution in [-0.4, -0.2) is 29.6 Å². The van der Waals surface area contributed by atoms with Gasteiger partial charge in [0.2, 0.25) is 0 Å². The molecule has 0 spiro atoms. The van der Waals surface area contributed by atoms with Crippen LogP contribution in [0.3, 0.4) is 0 Å². The lowest BCUT2D eigenvalue weighted by molar-refractivity contribution is -0.0558. The highest BCUT2D eigenvalue weighted by Crippen LogP contribution is 2.42. The summed E-state index contributed by atoms with van der Waals surface area (Å²) < 4.78 is 0. The molecule has 2 aromatic rings. The van der Waals surface area contributed by atoms with Crippen LogP contribution in [0.5, 0.6) is 0 Å². The highest BCUT2D eigenvalue weighted by atomic mass is 16.3. The summed E-state index contributed by atoms with van der Waals surface area (Å²) in [6, 6.07) is 18.0. The van der Waals surface area contributed by atoms with Crippen molar-refractivity contribution in [3.05, 3.63) is 71.3 Å². The van der Waals surface area contributed by atoms with E-state index in [1.54, 1.807) is 0 Å². The fraction of sp³-hybridized carbons (Fsp3) is 0.368. The Bertz CT molecular complexity index is 604. The van der Waals surface area contributed by atoms with Crippen molar-refractivity contribution in [2.45, 2.75) is 31.9 Å². The van der Waals surface area contributed by atoms with E-state index in [9.17, 15) is 5.11 Å². The van der Waals surface area contributed by atoms with Crippen LogP contribution in [0.2, 0.25) is 0 Å². The number of rotatable bonds is 4. The second kappa shape index (κ2) is 5.63. The third kappa shape index (κ3) is 2.50. The Labute approximate surface area is 128 Å². The molecule has 0 aromatic heterocycles. The maximum absolute atomic E-state index is 11.8. The smallest absolute Gasteiger partial charge is 0.133 e. The van der Waals surface area contributed by atoms with Crippen LogP contribution < -0.4 is 0 Å². The van der Waals surface area contributed by atoms with Crippen LogP contribution in [0.15, 0.2) is 54.6 Å². The maximum Gasteiger partial charge on any atom is 0.133 e. The van der Waals surface area contributed by atoms with Gasteiger partial charge in [-0.15, -0.1) is 0 Å². The van der Waals surface area contributed by atoms with Gasteiger partial charge >= 0.3 is 0 Å². The van der Waals surface area contributed by atoms with Gasteiger partial charge in [0.05, 0.1) is 5.54 Å². The zero-order valence-corrected chi connectivity index (χ0v) is 13.6. The highest BCUT2D eigenvalue weighted by molar-refractivity contribution is 5.44. The minimum Gasteiger partial charge on any atom is -0.378 e. The number of aliphatic hydroxyl groups is 1. The Hall–Kier alpha value is -1.64. The summed E-state index contributed by atoms with van der Waals surface area (Å²) in [6.07, 6.45) is 0. The molecule has 0 bridgehead atoms. The van der Waals surface area contributed by atoms with Gasteiger partial charge in [0.1, 0.15) is 5.60 Å². The number of aryl methyl sites for hydroxylation is 1. The van der Waals surface area contributed by atoms with Gasteiger partial charge in [-0.3, -0.25) is 0 Å². The highest BCUT2D eigenvalue weighted by Gasteiger charge is 2.48. The molecule has 0 unspecified atom stereocenters. The number of hydrogen-bond acceptors (Lipinski definition) is 2. The molecule has 0 heterocycles. The monoisotopic (exact) mass is 283 g/mol. The largest absolute Gasteiger partial charge is 0.378 e. The minimum absolute atomic E-state index is 0.458. The summed E-state index contributed by atoms with van der Waals surface area (Å²) in [5.41, 5.74) is 1.43. The molecule has 1 N–H and O–H groups in total.